The summed E-state index contributed by atoms with van der Waals surface area (Å²) < 4.78 is 0. The lowest BCUT2D eigenvalue weighted by molar-refractivity contribution is -0.109. The van der Waals surface area contributed by atoms with Gasteiger partial charge < -0.3 is 4.79 Å². The van der Waals surface area contributed by atoms with Gasteiger partial charge in [-0.2, -0.15) is 0 Å². The summed E-state index contributed by atoms with van der Waals surface area (Å²) in [5.41, 5.74) is 2.68. The summed E-state index contributed by atoms with van der Waals surface area (Å²) in [6, 6.07) is 0. The molecule has 1 heteroatoms. The Morgan fingerprint density at radius 3 is 2.93 bits per heavy atom. The van der Waals surface area contributed by atoms with Gasteiger partial charge in [-0.3, -0.25) is 0 Å². The largest absolute Gasteiger partial charge is 0.303 e. The Morgan fingerprint density at radius 1 is 1.79 bits per heavy atom. The summed E-state index contributed by atoms with van der Waals surface area (Å²) in [6.07, 6.45) is 6.11. The van der Waals surface area contributed by atoms with E-state index in [1.165, 1.54) is 11.1 Å². The van der Waals surface area contributed by atoms with Gasteiger partial charge in [0.1, 0.15) is 6.29 Å². The van der Waals surface area contributed by atoms with Crippen LogP contribution in [-0.2, 0) is 4.79 Å². The van der Waals surface area contributed by atoms with Crippen molar-refractivity contribution in [3.8, 4) is 0 Å². The van der Waals surface area contributed by atoms with Crippen LogP contribution in [0.1, 0.15) is 40.0 Å². The summed E-state index contributed by atoms with van der Waals surface area (Å²) in [4.78, 5) is 10.7. The van der Waals surface area contributed by atoms with Gasteiger partial charge in [0.25, 0.3) is 0 Å². The van der Waals surface area contributed by atoms with Crippen LogP contribution in [0.4, 0.5) is 0 Å². The van der Waals surface area contributed by atoms with Crippen LogP contribution in [0.15, 0.2) is 23.8 Å². The highest BCUT2D eigenvalue weighted by molar-refractivity contribution is 5.52. The molecule has 0 aromatic rings. The molecule has 0 amide bonds. The molecular weight excluding hydrogens is 172 g/mol. The molecule has 0 saturated heterocycles. The highest BCUT2D eigenvalue weighted by Gasteiger charge is 2.32. The first kappa shape index (κ1) is 11.2. The number of aldehydes is 1. The molecule has 1 aliphatic rings. The zero-order chi connectivity index (χ0) is 10.8. The Labute approximate surface area is 86.9 Å². The second kappa shape index (κ2) is 4.12. The van der Waals surface area contributed by atoms with Gasteiger partial charge in [-0.25, -0.2) is 0 Å². The molecule has 14 heavy (non-hydrogen) atoms. The summed E-state index contributed by atoms with van der Waals surface area (Å²) in [7, 11) is 0. The third kappa shape index (κ3) is 2.14. The maximum atomic E-state index is 10.7. The Hall–Kier alpha value is -0.850. The predicted molar refractivity (Wildman–Crippen MR) is 60.1 cm³/mol. The molecule has 0 spiro atoms. The van der Waals surface area contributed by atoms with E-state index in [1.54, 1.807) is 0 Å². The third-order valence-electron chi connectivity index (χ3n) is 3.59. The van der Waals surface area contributed by atoms with Gasteiger partial charge in [0.15, 0.2) is 0 Å². The van der Waals surface area contributed by atoms with Crippen LogP contribution < -0.4 is 0 Å². The molecule has 0 heterocycles. The van der Waals surface area contributed by atoms with E-state index in [9.17, 15) is 4.79 Å². The van der Waals surface area contributed by atoms with Gasteiger partial charge >= 0.3 is 0 Å². The first-order valence-corrected chi connectivity index (χ1v) is 5.26. The molecule has 0 aliphatic heterocycles. The first-order chi connectivity index (χ1) is 6.49. The van der Waals surface area contributed by atoms with Crippen LogP contribution in [0.25, 0.3) is 0 Å². The van der Waals surface area contributed by atoms with Crippen LogP contribution in [0, 0.1) is 11.3 Å². The van der Waals surface area contributed by atoms with Crippen molar-refractivity contribution in [2.24, 2.45) is 11.3 Å². The Morgan fingerprint density at radius 2 is 2.43 bits per heavy atom. The Kier molecular flexibility index (Phi) is 3.30. The summed E-state index contributed by atoms with van der Waals surface area (Å²) in [5.74, 6) is 0.559. The fourth-order valence-electron chi connectivity index (χ4n) is 2.16. The third-order valence-corrected chi connectivity index (χ3v) is 3.59. The zero-order valence-corrected chi connectivity index (χ0v) is 9.47. The smallest absolute Gasteiger partial charge is 0.120 e. The zero-order valence-electron chi connectivity index (χ0n) is 9.47. The van der Waals surface area contributed by atoms with Crippen molar-refractivity contribution in [1.29, 1.82) is 0 Å². The molecule has 0 bridgehead atoms. The first-order valence-electron chi connectivity index (χ1n) is 5.26. The Bertz CT molecular complexity index is 275. The van der Waals surface area contributed by atoms with Crippen LogP contribution >= 0.6 is 0 Å². The van der Waals surface area contributed by atoms with E-state index >= 15 is 0 Å². The van der Waals surface area contributed by atoms with Crippen molar-refractivity contribution < 1.29 is 4.79 Å². The summed E-state index contributed by atoms with van der Waals surface area (Å²) >= 11 is 0. The van der Waals surface area contributed by atoms with Crippen molar-refractivity contribution in [2.45, 2.75) is 40.0 Å². The average molecular weight is 192 g/mol. The lowest BCUT2D eigenvalue weighted by atomic mass is 9.67. The van der Waals surface area contributed by atoms with Gasteiger partial charge in [-0.1, -0.05) is 30.7 Å². The normalized spacial score (nSPS) is 32.2. The molecule has 0 saturated carbocycles. The second-order valence-electron chi connectivity index (χ2n) is 4.80. The van der Waals surface area contributed by atoms with E-state index in [0.29, 0.717) is 12.3 Å². The fourth-order valence-corrected chi connectivity index (χ4v) is 2.16. The number of hydrogen-bond acceptors (Lipinski definition) is 1. The second-order valence-corrected chi connectivity index (χ2v) is 4.80. The molecule has 2 atom stereocenters. The van der Waals surface area contributed by atoms with Crippen molar-refractivity contribution in [1.82, 2.24) is 0 Å². The minimum absolute atomic E-state index is 0.0730. The maximum absolute atomic E-state index is 10.7. The topological polar surface area (TPSA) is 17.1 Å². The van der Waals surface area contributed by atoms with Gasteiger partial charge in [-0.05, 0) is 38.0 Å². The van der Waals surface area contributed by atoms with E-state index < -0.39 is 0 Å². The van der Waals surface area contributed by atoms with E-state index in [1.807, 2.05) is 0 Å². The van der Waals surface area contributed by atoms with Crippen molar-refractivity contribution in [3.05, 3.63) is 23.8 Å². The van der Waals surface area contributed by atoms with Gasteiger partial charge in [0.05, 0.1) is 0 Å². The monoisotopic (exact) mass is 192 g/mol. The molecule has 0 N–H and O–H groups in total. The molecule has 0 radical (unpaired) electrons. The number of carbonyl (C=O) groups excluding carboxylic acids is 1. The molecule has 78 valence electrons. The molecule has 1 nitrogen and oxygen atoms in total. The highest BCUT2D eigenvalue weighted by Crippen LogP contribution is 2.43. The molecule has 0 aromatic carbocycles. The number of rotatable bonds is 3. The molecule has 1 rings (SSSR count). The van der Waals surface area contributed by atoms with Crippen molar-refractivity contribution >= 4 is 6.29 Å². The highest BCUT2D eigenvalue weighted by atomic mass is 16.1. The Balaban J connectivity index is 2.85. The minimum atomic E-state index is 0.0730. The lowest BCUT2D eigenvalue weighted by Gasteiger charge is -2.37. The summed E-state index contributed by atoms with van der Waals surface area (Å²) in [5, 5.41) is 0. The van der Waals surface area contributed by atoms with Crippen LogP contribution in [-0.4, -0.2) is 6.29 Å². The van der Waals surface area contributed by atoms with Gasteiger partial charge in [-0.15, -0.1) is 0 Å². The van der Waals surface area contributed by atoms with Gasteiger partial charge in [0.2, 0.25) is 0 Å². The molecule has 0 aromatic heterocycles. The molecular formula is C13H20O. The molecule has 0 fully saturated rings. The predicted octanol–water partition coefficient (Wildman–Crippen LogP) is 3.51. The van der Waals surface area contributed by atoms with E-state index in [0.717, 1.165) is 19.1 Å². The lowest BCUT2D eigenvalue weighted by Crippen LogP contribution is -2.26. The maximum Gasteiger partial charge on any atom is 0.120 e. The van der Waals surface area contributed by atoms with Crippen LogP contribution in [0.3, 0.4) is 0 Å². The van der Waals surface area contributed by atoms with Gasteiger partial charge in [0, 0.05) is 6.42 Å². The minimum Gasteiger partial charge on any atom is -0.303 e. The van der Waals surface area contributed by atoms with Crippen molar-refractivity contribution in [3.63, 3.8) is 0 Å². The molecule has 1 aliphatic carbocycles. The summed E-state index contributed by atoms with van der Waals surface area (Å²) in [6.45, 7) is 10.4. The standard InChI is InChI=1S/C13H20O/c1-10(2)12-6-5-11(3)13(4,9-12)7-8-14/h5,8,12H,1,6-7,9H2,2-4H3/t12-,13-/m1/s1. The van der Waals surface area contributed by atoms with E-state index in [4.69, 9.17) is 0 Å². The quantitative estimate of drug-likeness (QED) is 0.494. The number of allylic oxidation sites excluding steroid dienone is 3. The number of carbonyl (C=O) groups is 1. The SMILES string of the molecule is C=C(C)[C@@H]1CC=C(C)[C@](C)(CC=O)C1. The average Bonchev–Trinajstić information content (AvgIpc) is 2.10. The van der Waals surface area contributed by atoms with Crippen molar-refractivity contribution in [2.75, 3.05) is 0 Å². The van der Waals surface area contributed by atoms with E-state index in [2.05, 4.69) is 33.4 Å². The van der Waals surface area contributed by atoms with Crippen LogP contribution in [0.5, 0.6) is 0 Å². The number of hydrogen-bond donors (Lipinski definition) is 0. The molecule has 0 unspecified atom stereocenters. The van der Waals surface area contributed by atoms with E-state index in [-0.39, 0.29) is 5.41 Å². The fraction of sp³-hybridized carbons (Fsp3) is 0.615. The van der Waals surface area contributed by atoms with Crippen LogP contribution in [0.2, 0.25) is 0 Å².